The van der Waals surface area contributed by atoms with Crippen molar-refractivity contribution in [2.75, 3.05) is 25.1 Å². The highest BCUT2D eigenvalue weighted by Gasteiger charge is 2.27. The summed E-state index contributed by atoms with van der Waals surface area (Å²) in [6.07, 6.45) is -0.276. The summed E-state index contributed by atoms with van der Waals surface area (Å²) in [6, 6.07) is 13.0. The van der Waals surface area contributed by atoms with Crippen LogP contribution >= 0.6 is 0 Å². The van der Waals surface area contributed by atoms with E-state index in [4.69, 9.17) is 24.5 Å². The lowest BCUT2D eigenvalue weighted by molar-refractivity contribution is -0.124. The van der Waals surface area contributed by atoms with E-state index in [-0.39, 0.29) is 25.6 Å². The molecule has 0 heterocycles. The van der Waals surface area contributed by atoms with Crippen LogP contribution in [0.5, 0.6) is 5.75 Å². The number of Topliss-reactive ketones (excluding diaryl/α,β-unsaturated/α-hetero) is 1. The number of aliphatic hydroxyl groups excluding tert-OH is 1. The monoisotopic (exact) mass is 472 g/mol. The number of carbonyl (C=O) groups excluding carboxylic acids is 3. The van der Waals surface area contributed by atoms with Crippen molar-refractivity contribution in [3.8, 4) is 5.75 Å². The fourth-order valence-electron chi connectivity index (χ4n) is 2.98. The van der Waals surface area contributed by atoms with E-state index < -0.39 is 24.2 Å². The van der Waals surface area contributed by atoms with Crippen LogP contribution in [0.2, 0.25) is 0 Å². The number of amides is 2. The van der Waals surface area contributed by atoms with Crippen molar-refractivity contribution in [3.05, 3.63) is 71.8 Å². The average molecular weight is 472 g/mol. The van der Waals surface area contributed by atoms with Crippen LogP contribution in [-0.2, 0) is 14.3 Å². The predicted molar refractivity (Wildman–Crippen MR) is 123 cm³/mol. The summed E-state index contributed by atoms with van der Waals surface area (Å²) >= 11 is 0. The first kappa shape index (κ1) is 26.5. The Morgan fingerprint density at radius 3 is 2.47 bits per heavy atom. The van der Waals surface area contributed by atoms with Gasteiger partial charge in [0, 0.05) is 23.9 Å². The summed E-state index contributed by atoms with van der Waals surface area (Å²) in [7, 11) is 0. The third-order valence-electron chi connectivity index (χ3n) is 4.52. The smallest absolute Gasteiger partial charge is 0.412 e. The largest absolute Gasteiger partial charge is 0.491 e. The molecule has 10 heteroatoms. The molecular formula is C24H28N2O8. The van der Waals surface area contributed by atoms with Crippen LogP contribution in [0, 0.1) is 0 Å². The SMILES string of the molecule is CCO[C@H](/C=C/C(=O)NO)[C@H](OC(=O)Nc1ccc(C(C)=O)cc1)c1cccc(OCCO)c1. The Morgan fingerprint density at radius 1 is 1.12 bits per heavy atom. The van der Waals surface area contributed by atoms with Gasteiger partial charge in [-0.15, -0.1) is 0 Å². The molecule has 0 aliphatic rings. The molecule has 0 fully saturated rings. The number of rotatable bonds is 12. The van der Waals surface area contributed by atoms with E-state index in [1.807, 2.05) is 0 Å². The van der Waals surface area contributed by atoms with Crippen LogP contribution in [0.3, 0.4) is 0 Å². The zero-order valence-corrected chi connectivity index (χ0v) is 18.9. The van der Waals surface area contributed by atoms with Crippen LogP contribution in [0.1, 0.15) is 35.9 Å². The number of ketones is 1. The van der Waals surface area contributed by atoms with Crippen molar-refractivity contribution in [2.24, 2.45) is 0 Å². The lowest BCUT2D eigenvalue weighted by atomic mass is 10.0. The highest BCUT2D eigenvalue weighted by molar-refractivity contribution is 5.95. The number of aliphatic hydroxyl groups is 1. The standard InChI is InChI=1S/C24H28N2O8/c1-3-32-21(11-12-22(29)26-31)23(18-5-4-6-20(15-18)33-14-13-27)34-24(30)25-19-9-7-17(8-10-19)16(2)28/h4-12,15,21,23,27,31H,3,13-14H2,1-2H3,(H,25,30)(H,26,29)/b12-11+/t21-,23-/m1/s1. The Kier molecular flexibility index (Phi) is 10.7. The fraction of sp³-hybridized carbons (Fsp3) is 0.292. The molecule has 2 rings (SSSR count). The molecule has 0 radical (unpaired) electrons. The fourth-order valence-corrected chi connectivity index (χ4v) is 2.98. The first-order valence-corrected chi connectivity index (χ1v) is 10.5. The molecule has 2 atom stereocenters. The molecule has 0 bridgehead atoms. The van der Waals surface area contributed by atoms with Crippen molar-refractivity contribution in [1.29, 1.82) is 0 Å². The number of anilines is 1. The predicted octanol–water partition coefficient (Wildman–Crippen LogP) is 3.02. The van der Waals surface area contributed by atoms with E-state index >= 15 is 0 Å². The summed E-state index contributed by atoms with van der Waals surface area (Å²) in [6.45, 7) is 3.33. The van der Waals surface area contributed by atoms with Gasteiger partial charge in [0.15, 0.2) is 11.9 Å². The summed E-state index contributed by atoms with van der Waals surface area (Å²) in [5, 5.41) is 20.4. The van der Waals surface area contributed by atoms with Crippen molar-refractivity contribution in [1.82, 2.24) is 5.48 Å². The quantitative estimate of drug-likeness (QED) is 0.160. The lowest BCUT2D eigenvalue weighted by Crippen LogP contribution is -2.28. The Balaban J connectivity index is 2.31. The number of carbonyl (C=O) groups is 3. The maximum absolute atomic E-state index is 12.7. The normalized spacial score (nSPS) is 12.6. The maximum atomic E-state index is 12.7. The zero-order chi connectivity index (χ0) is 24.9. The number of hydrogen-bond donors (Lipinski definition) is 4. The van der Waals surface area contributed by atoms with Crippen LogP contribution in [0.25, 0.3) is 0 Å². The summed E-state index contributed by atoms with van der Waals surface area (Å²) < 4.78 is 16.8. The Hall–Kier alpha value is -3.73. The van der Waals surface area contributed by atoms with Gasteiger partial charge in [0.05, 0.1) is 6.61 Å². The molecule has 2 amide bonds. The summed E-state index contributed by atoms with van der Waals surface area (Å²) in [4.78, 5) is 35.7. The third-order valence-corrected chi connectivity index (χ3v) is 4.52. The average Bonchev–Trinajstić information content (AvgIpc) is 2.84. The molecule has 0 aromatic heterocycles. The molecule has 0 aliphatic heterocycles. The molecule has 2 aromatic rings. The molecule has 0 unspecified atom stereocenters. The molecule has 0 saturated heterocycles. The van der Waals surface area contributed by atoms with E-state index in [1.54, 1.807) is 55.5 Å². The number of benzene rings is 2. The van der Waals surface area contributed by atoms with Gasteiger partial charge < -0.3 is 19.3 Å². The van der Waals surface area contributed by atoms with Crippen LogP contribution in [0.15, 0.2) is 60.7 Å². The zero-order valence-electron chi connectivity index (χ0n) is 18.9. The second kappa shape index (κ2) is 13.7. The van der Waals surface area contributed by atoms with E-state index in [0.717, 1.165) is 6.08 Å². The number of hydrogen-bond acceptors (Lipinski definition) is 8. The molecule has 0 spiro atoms. The minimum absolute atomic E-state index is 0.0805. The first-order valence-electron chi connectivity index (χ1n) is 10.5. The molecule has 10 nitrogen and oxygen atoms in total. The summed E-state index contributed by atoms with van der Waals surface area (Å²) in [5.41, 5.74) is 2.91. The second-order valence-corrected chi connectivity index (χ2v) is 6.98. The highest BCUT2D eigenvalue weighted by Crippen LogP contribution is 2.28. The first-order chi connectivity index (χ1) is 16.4. The van der Waals surface area contributed by atoms with Gasteiger partial charge in [-0.1, -0.05) is 12.1 Å². The van der Waals surface area contributed by atoms with Gasteiger partial charge in [-0.3, -0.25) is 20.1 Å². The molecular weight excluding hydrogens is 444 g/mol. The number of hydroxylamine groups is 1. The minimum Gasteiger partial charge on any atom is -0.491 e. The molecule has 182 valence electrons. The number of nitrogens with one attached hydrogen (secondary N) is 2. The summed E-state index contributed by atoms with van der Waals surface area (Å²) in [5.74, 6) is -0.443. The molecule has 34 heavy (non-hydrogen) atoms. The van der Waals surface area contributed by atoms with Crippen molar-refractivity contribution in [3.63, 3.8) is 0 Å². The van der Waals surface area contributed by atoms with Crippen molar-refractivity contribution >= 4 is 23.5 Å². The second-order valence-electron chi connectivity index (χ2n) is 6.98. The van der Waals surface area contributed by atoms with Crippen LogP contribution in [0.4, 0.5) is 10.5 Å². The Labute approximate surface area is 197 Å². The van der Waals surface area contributed by atoms with Crippen molar-refractivity contribution < 1.29 is 38.9 Å². The van der Waals surface area contributed by atoms with E-state index in [9.17, 15) is 14.4 Å². The van der Waals surface area contributed by atoms with Crippen molar-refractivity contribution in [2.45, 2.75) is 26.1 Å². The van der Waals surface area contributed by atoms with E-state index in [0.29, 0.717) is 22.6 Å². The Morgan fingerprint density at radius 2 is 1.85 bits per heavy atom. The highest BCUT2D eigenvalue weighted by atomic mass is 16.6. The van der Waals surface area contributed by atoms with Crippen LogP contribution in [-0.4, -0.2) is 54.0 Å². The van der Waals surface area contributed by atoms with Crippen LogP contribution < -0.4 is 15.5 Å². The van der Waals surface area contributed by atoms with Gasteiger partial charge in [-0.25, -0.2) is 10.3 Å². The van der Waals surface area contributed by atoms with Gasteiger partial charge in [-0.2, -0.15) is 0 Å². The molecule has 0 aliphatic carbocycles. The molecule has 2 aromatic carbocycles. The van der Waals surface area contributed by atoms with Gasteiger partial charge in [0.2, 0.25) is 0 Å². The van der Waals surface area contributed by atoms with Gasteiger partial charge in [-0.05, 0) is 61.9 Å². The third kappa shape index (κ3) is 8.32. The van der Waals surface area contributed by atoms with E-state index in [1.165, 1.54) is 18.5 Å². The maximum Gasteiger partial charge on any atom is 0.412 e. The minimum atomic E-state index is -1.00. The van der Waals surface area contributed by atoms with Gasteiger partial charge in [0.25, 0.3) is 5.91 Å². The molecule has 4 N–H and O–H groups in total. The van der Waals surface area contributed by atoms with E-state index in [2.05, 4.69) is 5.32 Å². The van der Waals surface area contributed by atoms with Gasteiger partial charge in [0.1, 0.15) is 18.5 Å². The van der Waals surface area contributed by atoms with Gasteiger partial charge >= 0.3 is 6.09 Å². The lowest BCUT2D eigenvalue weighted by Gasteiger charge is -2.25. The molecule has 0 saturated carbocycles. The topological polar surface area (TPSA) is 143 Å². The number of ether oxygens (including phenoxy) is 3. The Bertz CT molecular complexity index is 991.